The molecule has 0 radical (unpaired) electrons. The van der Waals surface area contributed by atoms with Gasteiger partial charge in [0, 0.05) is 12.1 Å². The maximum atomic E-state index is 3.55. The van der Waals surface area contributed by atoms with Crippen LogP contribution in [0, 0.1) is 11.8 Å². The van der Waals surface area contributed by atoms with Crippen LogP contribution in [0.3, 0.4) is 0 Å². The molecule has 14 heavy (non-hydrogen) atoms. The van der Waals surface area contributed by atoms with Crippen LogP contribution in [0.15, 0.2) is 0 Å². The van der Waals surface area contributed by atoms with Crippen molar-refractivity contribution in [2.75, 3.05) is 19.6 Å². The fourth-order valence-electron chi connectivity index (χ4n) is 3.35. The normalized spacial score (nSPS) is 39.9. The zero-order valence-corrected chi connectivity index (χ0v) is 9.79. The molecule has 2 aliphatic rings. The van der Waals surface area contributed by atoms with Gasteiger partial charge in [-0.05, 0) is 65.1 Å². The van der Waals surface area contributed by atoms with Gasteiger partial charge in [-0.25, -0.2) is 0 Å². The van der Waals surface area contributed by atoms with E-state index < -0.39 is 0 Å². The summed E-state index contributed by atoms with van der Waals surface area (Å²) in [5, 5.41) is 3.55. The average Bonchev–Trinajstić information content (AvgIpc) is 2.18. The monoisotopic (exact) mass is 196 g/mol. The minimum atomic E-state index is 0.716. The molecule has 3 unspecified atom stereocenters. The van der Waals surface area contributed by atoms with Gasteiger partial charge in [0.25, 0.3) is 0 Å². The van der Waals surface area contributed by atoms with Crippen molar-refractivity contribution >= 4 is 0 Å². The second-order valence-electron chi connectivity index (χ2n) is 5.28. The SMILES string of the molecule is CC(C)N1CCC2CCNCC2C1C. The standard InChI is InChI=1S/C12H24N2/c1-9(2)14-7-5-11-4-6-13-8-12(11)10(14)3/h9-13H,4-8H2,1-3H3. The Morgan fingerprint density at radius 1 is 1.29 bits per heavy atom. The third kappa shape index (κ3) is 1.82. The van der Waals surface area contributed by atoms with Gasteiger partial charge in [-0.15, -0.1) is 0 Å². The number of hydrogen-bond acceptors (Lipinski definition) is 2. The van der Waals surface area contributed by atoms with Crippen LogP contribution in [-0.4, -0.2) is 36.6 Å². The molecule has 0 aromatic carbocycles. The topological polar surface area (TPSA) is 15.3 Å². The largest absolute Gasteiger partial charge is 0.316 e. The lowest BCUT2D eigenvalue weighted by Gasteiger charge is -2.48. The van der Waals surface area contributed by atoms with Crippen molar-refractivity contribution in [3.8, 4) is 0 Å². The highest BCUT2D eigenvalue weighted by Gasteiger charge is 2.37. The first-order chi connectivity index (χ1) is 6.70. The Morgan fingerprint density at radius 2 is 2.07 bits per heavy atom. The lowest BCUT2D eigenvalue weighted by Crippen LogP contribution is -2.55. The number of nitrogens with zero attached hydrogens (tertiary/aromatic N) is 1. The summed E-state index contributed by atoms with van der Waals surface area (Å²) in [5.41, 5.74) is 0. The molecule has 0 aliphatic carbocycles. The molecular weight excluding hydrogens is 172 g/mol. The van der Waals surface area contributed by atoms with E-state index in [0.29, 0.717) is 6.04 Å². The molecule has 0 saturated carbocycles. The number of likely N-dealkylation sites (tertiary alicyclic amines) is 1. The van der Waals surface area contributed by atoms with Crippen molar-refractivity contribution in [1.29, 1.82) is 0 Å². The average molecular weight is 196 g/mol. The summed E-state index contributed by atoms with van der Waals surface area (Å²) in [7, 11) is 0. The number of rotatable bonds is 1. The van der Waals surface area contributed by atoms with Gasteiger partial charge in [0.05, 0.1) is 0 Å². The van der Waals surface area contributed by atoms with Gasteiger partial charge in [-0.2, -0.15) is 0 Å². The first kappa shape index (κ1) is 10.4. The minimum Gasteiger partial charge on any atom is -0.316 e. The number of fused-ring (bicyclic) bond motifs is 1. The molecule has 2 rings (SSSR count). The number of hydrogen-bond donors (Lipinski definition) is 1. The van der Waals surface area contributed by atoms with Crippen LogP contribution >= 0.6 is 0 Å². The number of nitrogens with one attached hydrogen (secondary N) is 1. The van der Waals surface area contributed by atoms with E-state index in [9.17, 15) is 0 Å². The molecule has 2 fully saturated rings. The summed E-state index contributed by atoms with van der Waals surface area (Å²) in [6, 6.07) is 1.49. The van der Waals surface area contributed by atoms with E-state index in [2.05, 4.69) is 31.0 Å². The van der Waals surface area contributed by atoms with E-state index in [-0.39, 0.29) is 0 Å². The van der Waals surface area contributed by atoms with E-state index in [1.807, 2.05) is 0 Å². The first-order valence-corrected chi connectivity index (χ1v) is 6.16. The zero-order valence-electron chi connectivity index (χ0n) is 9.79. The van der Waals surface area contributed by atoms with Crippen LogP contribution in [0.25, 0.3) is 0 Å². The molecule has 2 heterocycles. The van der Waals surface area contributed by atoms with Gasteiger partial charge in [0.1, 0.15) is 0 Å². The molecule has 2 nitrogen and oxygen atoms in total. The van der Waals surface area contributed by atoms with E-state index in [1.165, 1.54) is 32.5 Å². The molecule has 1 N–H and O–H groups in total. The fraction of sp³-hybridized carbons (Fsp3) is 1.00. The Bertz CT molecular complexity index is 191. The summed E-state index contributed by atoms with van der Waals surface area (Å²) >= 11 is 0. The van der Waals surface area contributed by atoms with Crippen molar-refractivity contribution in [2.24, 2.45) is 11.8 Å². The highest BCUT2D eigenvalue weighted by Crippen LogP contribution is 2.33. The van der Waals surface area contributed by atoms with Gasteiger partial charge < -0.3 is 5.32 Å². The summed E-state index contributed by atoms with van der Waals surface area (Å²) in [5.74, 6) is 1.90. The van der Waals surface area contributed by atoms with Gasteiger partial charge >= 0.3 is 0 Å². The van der Waals surface area contributed by atoms with Crippen LogP contribution < -0.4 is 5.32 Å². The summed E-state index contributed by atoms with van der Waals surface area (Å²) in [6.45, 7) is 10.9. The molecule has 2 heteroatoms. The van der Waals surface area contributed by atoms with Gasteiger partial charge in [-0.1, -0.05) is 0 Å². The van der Waals surface area contributed by atoms with E-state index in [1.54, 1.807) is 0 Å². The maximum Gasteiger partial charge on any atom is 0.0113 e. The van der Waals surface area contributed by atoms with Crippen molar-refractivity contribution < 1.29 is 0 Å². The Hall–Kier alpha value is -0.0800. The van der Waals surface area contributed by atoms with E-state index in [0.717, 1.165) is 17.9 Å². The number of piperidine rings is 2. The predicted molar refractivity (Wildman–Crippen MR) is 60.4 cm³/mol. The molecule has 0 bridgehead atoms. The molecule has 0 aromatic heterocycles. The summed E-state index contributed by atoms with van der Waals surface area (Å²) in [4.78, 5) is 2.67. The summed E-state index contributed by atoms with van der Waals surface area (Å²) < 4.78 is 0. The van der Waals surface area contributed by atoms with Crippen molar-refractivity contribution in [2.45, 2.75) is 45.7 Å². The van der Waals surface area contributed by atoms with Crippen molar-refractivity contribution in [1.82, 2.24) is 10.2 Å². The van der Waals surface area contributed by atoms with Crippen LogP contribution in [0.1, 0.15) is 33.6 Å². The Balaban J connectivity index is 2.03. The van der Waals surface area contributed by atoms with E-state index >= 15 is 0 Å². The first-order valence-electron chi connectivity index (χ1n) is 6.16. The van der Waals surface area contributed by atoms with Crippen molar-refractivity contribution in [3.63, 3.8) is 0 Å². The molecular formula is C12H24N2. The second kappa shape index (κ2) is 4.19. The summed E-state index contributed by atoms with van der Waals surface area (Å²) in [6.07, 6.45) is 2.83. The van der Waals surface area contributed by atoms with Gasteiger partial charge in [0.15, 0.2) is 0 Å². The van der Waals surface area contributed by atoms with Crippen LogP contribution in [0.2, 0.25) is 0 Å². The molecule has 0 aromatic rings. The predicted octanol–water partition coefficient (Wildman–Crippen LogP) is 1.71. The lowest BCUT2D eigenvalue weighted by atomic mass is 9.76. The Labute approximate surface area is 88.1 Å². The lowest BCUT2D eigenvalue weighted by molar-refractivity contribution is 0.0214. The molecule has 82 valence electrons. The van der Waals surface area contributed by atoms with Crippen molar-refractivity contribution in [3.05, 3.63) is 0 Å². The third-order valence-electron chi connectivity index (χ3n) is 4.24. The fourth-order valence-corrected chi connectivity index (χ4v) is 3.35. The quantitative estimate of drug-likeness (QED) is 0.687. The molecule has 2 aliphatic heterocycles. The van der Waals surface area contributed by atoms with E-state index in [4.69, 9.17) is 0 Å². The van der Waals surface area contributed by atoms with Gasteiger partial charge in [0.2, 0.25) is 0 Å². The van der Waals surface area contributed by atoms with Crippen LogP contribution in [0.5, 0.6) is 0 Å². The second-order valence-corrected chi connectivity index (χ2v) is 5.28. The maximum absolute atomic E-state index is 3.55. The van der Waals surface area contributed by atoms with Gasteiger partial charge in [-0.3, -0.25) is 4.90 Å². The Kier molecular flexibility index (Phi) is 3.13. The Morgan fingerprint density at radius 3 is 2.79 bits per heavy atom. The van der Waals surface area contributed by atoms with Crippen LogP contribution in [0.4, 0.5) is 0 Å². The molecule has 2 saturated heterocycles. The highest BCUT2D eigenvalue weighted by atomic mass is 15.2. The molecule has 0 spiro atoms. The smallest absolute Gasteiger partial charge is 0.0113 e. The third-order valence-corrected chi connectivity index (χ3v) is 4.24. The van der Waals surface area contributed by atoms with Crippen LogP contribution in [-0.2, 0) is 0 Å². The highest BCUT2D eigenvalue weighted by molar-refractivity contribution is 4.91. The zero-order chi connectivity index (χ0) is 10.1. The molecule has 3 atom stereocenters. The molecule has 0 amide bonds. The minimum absolute atomic E-state index is 0.716.